The summed E-state index contributed by atoms with van der Waals surface area (Å²) in [7, 11) is 0. The van der Waals surface area contributed by atoms with Gasteiger partial charge in [-0.25, -0.2) is 0 Å². The average Bonchev–Trinajstić information content (AvgIpc) is 3.04. The Kier molecular flexibility index (Phi) is 4.18. The molecule has 23 heavy (non-hydrogen) atoms. The molecule has 0 spiro atoms. The van der Waals surface area contributed by atoms with Crippen molar-refractivity contribution < 1.29 is 22.8 Å². The van der Waals surface area contributed by atoms with Crippen molar-refractivity contribution in [3.8, 4) is 11.6 Å². The first kappa shape index (κ1) is 15.7. The number of rotatable bonds is 3. The molecule has 0 amide bonds. The molecule has 1 aliphatic rings. The van der Waals surface area contributed by atoms with Crippen molar-refractivity contribution in [2.75, 3.05) is 31.1 Å². The smallest absolute Gasteiger partial charge is 0.379 e. The molecule has 3 rings (SSSR count). The second kappa shape index (κ2) is 6.13. The summed E-state index contributed by atoms with van der Waals surface area (Å²) in [5, 5.41) is 16.3. The van der Waals surface area contributed by atoms with Crippen molar-refractivity contribution in [3.63, 3.8) is 0 Å². The van der Waals surface area contributed by atoms with Gasteiger partial charge in [0.25, 0.3) is 11.8 Å². The highest BCUT2D eigenvalue weighted by Gasteiger charge is 2.39. The summed E-state index contributed by atoms with van der Waals surface area (Å²) in [5.41, 5.74) is -0.246. The second-order valence-corrected chi connectivity index (χ2v) is 5.06. The molecule has 1 aliphatic heterocycles. The third kappa shape index (κ3) is 3.42. The molecular weight excluding hydrogens is 315 g/mol. The van der Waals surface area contributed by atoms with Crippen LogP contribution in [0.5, 0.6) is 0 Å². The summed E-state index contributed by atoms with van der Waals surface area (Å²) in [4.78, 5) is 9.99. The van der Waals surface area contributed by atoms with E-state index in [1.54, 1.807) is 0 Å². The highest BCUT2D eigenvalue weighted by Crippen LogP contribution is 2.33. The fourth-order valence-corrected chi connectivity index (χ4v) is 2.24. The van der Waals surface area contributed by atoms with Gasteiger partial charge in [0.05, 0.1) is 0 Å². The van der Waals surface area contributed by atoms with Crippen LogP contribution in [-0.2, 0) is 0 Å². The van der Waals surface area contributed by atoms with Crippen molar-refractivity contribution >= 4 is 5.95 Å². The van der Waals surface area contributed by atoms with Gasteiger partial charge in [-0.2, -0.15) is 18.2 Å². The number of aliphatic hydroxyl groups excluding tert-OH is 1. The first-order valence-electron chi connectivity index (χ1n) is 6.95. The summed E-state index contributed by atoms with van der Waals surface area (Å²) in [6.07, 6.45) is -6.17. The van der Waals surface area contributed by atoms with Crippen molar-refractivity contribution in [1.82, 2.24) is 20.4 Å². The quantitative estimate of drug-likeness (QED) is 0.873. The summed E-state index contributed by atoms with van der Waals surface area (Å²) in [6, 6.07) is 2.18. The molecule has 0 bridgehead atoms. The Bertz CT molecular complexity index is 670. The zero-order valence-corrected chi connectivity index (χ0v) is 11.9. The Morgan fingerprint density at radius 3 is 2.74 bits per heavy atom. The third-order valence-corrected chi connectivity index (χ3v) is 3.44. The molecule has 1 unspecified atom stereocenters. The van der Waals surface area contributed by atoms with E-state index in [0.717, 1.165) is 31.4 Å². The van der Waals surface area contributed by atoms with Crippen LogP contribution >= 0.6 is 0 Å². The number of hydrogen-bond acceptors (Lipinski definition) is 7. The van der Waals surface area contributed by atoms with Crippen LogP contribution in [-0.4, -0.2) is 52.6 Å². The van der Waals surface area contributed by atoms with Gasteiger partial charge >= 0.3 is 6.18 Å². The molecule has 0 radical (unpaired) electrons. The van der Waals surface area contributed by atoms with E-state index in [2.05, 4.69) is 20.4 Å². The lowest BCUT2D eigenvalue weighted by atomic mass is 10.1. The molecule has 0 aromatic carbocycles. The number of halogens is 3. The Morgan fingerprint density at radius 1 is 1.30 bits per heavy atom. The van der Waals surface area contributed by atoms with Crippen LogP contribution in [0.25, 0.3) is 11.6 Å². The molecule has 2 N–H and O–H groups in total. The van der Waals surface area contributed by atoms with E-state index in [1.165, 1.54) is 0 Å². The number of aromatic nitrogens is 3. The van der Waals surface area contributed by atoms with E-state index in [1.807, 2.05) is 4.90 Å². The zero-order valence-electron chi connectivity index (χ0n) is 11.9. The monoisotopic (exact) mass is 329 g/mol. The van der Waals surface area contributed by atoms with Crippen LogP contribution in [0.3, 0.4) is 0 Å². The Hall–Kier alpha value is -2.20. The lowest BCUT2D eigenvalue weighted by molar-refractivity contribution is -0.206. The minimum Gasteiger partial charge on any atom is -0.379 e. The standard InChI is InChI=1S/C13H14F3N5O2/c14-13(15,16)10(22)8-1-2-18-9(7-8)11-19-12(20-23-11)21-5-3-17-4-6-21/h1-2,7,10,17,22H,3-6H2. The summed E-state index contributed by atoms with van der Waals surface area (Å²) >= 11 is 0. The van der Waals surface area contributed by atoms with Gasteiger partial charge in [0.15, 0.2) is 6.10 Å². The zero-order chi connectivity index (χ0) is 16.4. The minimum absolute atomic E-state index is 0.00903. The van der Waals surface area contributed by atoms with Gasteiger partial charge in [0.1, 0.15) is 5.69 Å². The van der Waals surface area contributed by atoms with E-state index >= 15 is 0 Å². The van der Waals surface area contributed by atoms with Gasteiger partial charge in [-0.15, -0.1) is 0 Å². The van der Waals surface area contributed by atoms with Crippen LogP contribution in [0.1, 0.15) is 11.7 Å². The summed E-state index contributed by atoms with van der Waals surface area (Å²) < 4.78 is 42.8. The van der Waals surface area contributed by atoms with Gasteiger partial charge < -0.3 is 19.8 Å². The number of pyridine rings is 1. The Labute approximate surface area is 129 Å². The lowest BCUT2D eigenvalue weighted by Crippen LogP contribution is -2.44. The molecule has 7 nitrogen and oxygen atoms in total. The van der Waals surface area contributed by atoms with Crippen molar-refractivity contribution in [3.05, 3.63) is 23.9 Å². The lowest BCUT2D eigenvalue weighted by Gasteiger charge is -2.25. The molecule has 1 fully saturated rings. The van der Waals surface area contributed by atoms with E-state index in [9.17, 15) is 18.3 Å². The minimum atomic E-state index is -4.75. The normalized spacial score (nSPS) is 17.3. The fraction of sp³-hybridized carbons (Fsp3) is 0.462. The summed E-state index contributed by atoms with van der Waals surface area (Å²) in [6.45, 7) is 2.99. The Balaban J connectivity index is 1.83. The topological polar surface area (TPSA) is 87.3 Å². The highest BCUT2D eigenvalue weighted by molar-refractivity contribution is 5.50. The van der Waals surface area contributed by atoms with Crippen molar-refractivity contribution in [2.24, 2.45) is 0 Å². The number of aliphatic hydroxyl groups is 1. The largest absolute Gasteiger partial charge is 0.418 e. The number of hydrogen-bond donors (Lipinski definition) is 2. The highest BCUT2D eigenvalue weighted by atomic mass is 19.4. The van der Waals surface area contributed by atoms with Gasteiger partial charge in [-0.1, -0.05) is 0 Å². The maximum atomic E-state index is 12.6. The van der Waals surface area contributed by atoms with Gasteiger partial charge in [-0.3, -0.25) is 4.98 Å². The van der Waals surface area contributed by atoms with Gasteiger partial charge in [0, 0.05) is 32.4 Å². The van der Waals surface area contributed by atoms with Crippen molar-refractivity contribution in [1.29, 1.82) is 0 Å². The summed E-state index contributed by atoms with van der Waals surface area (Å²) in [5.74, 6) is 0.375. The molecule has 10 heteroatoms. The maximum absolute atomic E-state index is 12.6. The molecular formula is C13H14F3N5O2. The number of nitrogens with one attached hydrogen (secondary N) is 1. The number of piperazine rings is 1. The van der Waals surface area contributed by atoms with E-state index in [-0.39, 0.29) is 17.1 Å². The number of anilines is 1. The molecule has 0 aliphatic carbocycles. The van der Waals surface area contributed by atoms with Gasteiger partial charge in [-0.05, 0) is 22.9 Å². The molecule has 2 aromatic heterocycles. The Morgan fingerprint density at radius 2 is 2.04 bits per heavy atom. The second-order valence-electron chi connectivity index (χ2n) is 5.06. The first-order chi connectivity index (χ1) is 10.9. The van der Waals surface area contributed by atoms with Crippen LogP contribution in [0.4, 0.5) is 19.1 Å². The third-order valence-electron chi connectivity index (χ3n) is 3.44. The molecule has 1 saturated heterocycles. The SMILES string of the molecule is OC(c1ccnc(-c2nc(N3CCNCC3)no2)c1)C(F)(F)F. The van der Waals surface area contributed by atoms with Gasteiger partial charge in [0.2, 0.25) is 0 Å². The van der Waals surface area contributed by atoms with Crippen LogP contribution in [0.15, 0.2) is 22.9 Å². The van der Waals surface area contributed by atoms with Crippen LogP contribution < -0.4 is 10.2 Å². The average molecular weight is 329 g/mol. The van der Waals surface area contributed by atoms with Crippen molar-refractivity contribution in [2.45, 2.75) is 12.3 Å². The van der Waals surface area contributed by atoms with Crippen LogP contribution in [0.2, 0.25) is 0 Å². The van der Waals surface area contributed by atoms with E-state index in [4.69, 9.17) is 4.52 Å². The van der Waals surface area contributed by atoms with Crippen LogP contribution in [0, 0.1) is 0 Å². The molecule has 2 aromatic rings. The maximum Gasteiger partial charge on any atom is 0.418 e. The molecule has 124 valence electrons. The fourth-order valence-electron chi connectivity index (χ4n) is 2.24. The first-order valence-corrected chi connectivity index (χ1v) is 6.95. The molecule has 0 saturated carbocycles. The molecule has 1 atom stereocenters. The van der Waals surface area contributed by atoms with E-state index < -0.39 is 12.3 Å². The predicted octanol–water partition coefficient (Wildman–Crippen LogP) is 1.14. The number of alkyl halides is 3. The van der Waals surface area contributed by atoms with E-state index in [0.29, 0.717) is 19.0 Å². The molecule has 3 heterocycles. The number of nitrogens with zero attached hydrogens (tertiary/aromatic N) is 4. The predicted molar refractivity (Wildman–Crippen MR) is 73.6 cm³/mol.